The van der Waals surface area contributed by atoms with Crippen LogP contribution in [0, 0.1) is 0 Å². The van der Waals surface area contributed by atoms with Crippen molar-refractivity contribution in [2.45, 2.75) is 44.4 Å². The molecule has 0 radical (unpaired) electrons. The molecule has 7 heteroatoms. The molecule has 24 heavy (non-hydrogen) atoms. The fourth-order valence-corrected chi connectivity index (χ4v) is 4.45. The van der Waals surface area contributed by atoms with Gasteiger partial charge in [-0.2, -0.15) is 11.3 Å². The minimum absolute atomic E-state index is 0.136. The lowest BCUT2D eigenvalue weighted by atomic mass is 10.2. The molecule has 1 saturated carbocycles. The minimum Gasteiger partial charge on any atom is -0.383 e. The van der Waals surface area contributed by atoms with Crippen molar-refractivity contribution in [3.63, 3.8) is 0 Å². The van der Waals surface area contributed by atoms with Crippen molar-refractivity contribution in [1.29, 1.82) is 0 Å². The maximum absolute atomic E-state index is 11.9. The summed E-state index contributed by atoms with van der Waals surface area (Å²) in [6, 6.07) is 5.75. The largest absolute Gasteiger partial charge is 0.383 e. The molecular formula is C17H20N2O3S2. The van der Waals surface area contributed by atoms with E-state index in [4.69, 9.17) is 0 Å². The normalized spacial score (nSPS) is 16.0. The predicted molar refractivity (Wildman–Crippen MR) is 94.9 cm³/mol. The Morgan fingerprint density at radius 2 is 2.00 bits per heavy atom. The molecule has 2 heterocycles. The van der Waals surface area contributed by atoms with E-state index in [1.165, 1.54) is 11.3 Å². The lowest BCUT2D eigenvalue weighted by molar-refractivity contribution is -0.139. The number of amides is 2. The second-order valence-corrected chi connectivity index (χ2v) is 7.88. The Morgan fingerprint density at radius 1 is 1.21 bits per heavy atom. The van der Waals surface area contributed by atoms with Gasteiger partial charge < -0.3 is 15.7 Å². The first-order valence-corrected chi connectivity index (χ1v) is 9.77. The third-order valence-corrected chi connectivity index (χ3v) is 5.97. The van der Waals surface area contributed by atoms with Crippen molar-refractivity contribution >= 4 is 34.5 Å². The number of aliphatic hydroxyl groups excluding tert-OH is 1. The predicted octanol–water partition coefficient (Wildman–Crippen LogP) is 2.57. The second kappa shape index (κ2) is 7.92. The molecule has 3 N–H and O–H groups in total. The van der Waals surface area contributed by atoms with Crippen LogP contribution in [0.1, 0.15) is 47.1 Å². The van der Waals surface area contributed by atoms with Crippen LogP contribution in [0.2, 0.25) is 0 Å². The fraction of sp³-hybridized carbons (Fsp3) is 0.412. The van der Waals surface area contributed by atoms with Gasteiger partial charge in [-0.3, -0.25) is 9.59 Å². The number of hydrogen-bond acceptors (Lipinski definition) is 5. The smallest absolute Gasteiger partial charge is 0.309 e. The zero-order valence-corrected chi connectivity index (χ0v) is 14.8. The number of thiophene rings is 2. The molecule has 128 valence electrons. The van der Waals surface area contributed by atoms with E-state index in [2.05, 4.69) is 10.6 Å². The summed E-state index contributed by atoms with van der Waals surface area (Å²) in [6.45, 7) is 0.290. The molecular weight excluding hydrogens is 344 g/mol. The fourth-order valence-electron chi connectivity index (χ4n) is 2.80. The van der Waals surface area contributed by atoms with Crippen molar-refractivity contribution in [2.24, 2.45) is 0 Å². The summed E-state index contributed by atoms with van der Waals surface area (Å²) in [4.78, 5) is 25.4. The highest BCUT2D eigenvalue weighted by Crippen LogP contribution is 2.29. The summed E-state index contributed by atoms with van der Waals surface area (Å²) in [5.41, 5.74) is 0.869. The molecule has 0 saturated heterocycles. The SMILES string of the molecule is O=C(NCc1ccc(C(O)c2ccsc2)s1)C(=O)NC1CCCC1. The minimum atomic E-state index is -0.642. The molecule has 1 atom stereocenters. The Balaban J connectivity index is 1.49. The molecule has 1 aliphatic rings. The van der Waals surface area contributed by atoms with Gasteiger partial charge in [-0.15, -0.1) is 11.3 Å². The van der Waals surface area contributed by atoms with Gasteiger partial charge >= 0.3 is 11.8 Å². The van der Waals surface area contributed by atoms with Crippen LogP contribution >= 0.6 is 22.7 Å². The molecule has 2 amide bonds. The number of aliphatic hydroxyl groups is 1. The van der Waals surface area contributed by atoms with Gasteiger partial charge in [0.15, 0.2) is 0 Å². The Bertz CT molecular complexity index is 691. The van der Waals surface area contributed by atoms with E-state index in [1.54, 1.807) is 11.3 Å². The highest BCUT2D eigenvalue weighted by atomic mass is 32.1. The van der Waals surface area contributed by atoms with Gasteiger partial charge in [-0.1, -0.05) is 12.8 Å². The third kappa shape index (κ3) is 4.23. The highest BCUT2D eigenvalue weighted by molar-refractivity contribution is 7.12. The van der Waals surface area contributed by atoms with E-state index < -0.39 is 17.9 Å². The molecule has 2 aromatic heterocycles. The Morgan fingerprint density at radius 3 is 2.71 bits per heavy atom. The molecule has 0 aliphatic heterocycles. The van der Waals surface area contributed by atoms with E-state index in [1.807, 2.05) is 29.0 Å². The molecule has 0 bridgehead atoms. The maximum atomic E-state index is 11.9. The lowest BCUT2D eigenvalue weighted by Crippen LogP contribution is -2.43. The van der Waals surface area contributed by atoms with Gasteiger partial charge in [0.25, 0.3) is 0 Å². The topological polar surface area (TPSA) is 78.4 Å². The molecule has 0 aromatic carbocycles. The number of carbonyl (C=O) groups is 2. The van der Waals surface area contributed by atoms with Gasteiger partial charge in [0, 0.05) is 15.8 Å². The molecule has 2 aromatic rings. The quantitative estimate of drug-likeness (QED) is 0.714. The summed E-state index contributed by atoms with van der Waals surface area (Å²) in [7, 11) is 0. The first-order chi connectivity index (χ1) is 11.6. The summed E-state index contributed by atoms with van der Waals surface area (Å²) in [5, 5.41) is 19.5. The Labute approximate surface area is 148 Å². The van der Waals surface area contributed by atoms with Crippen molar-refractivity contribution in [3.8, 4) is 0 Å². The average molecular weight is 364 g/mol. The van der Waals surface area contributed by atoms with Gasteiger partial charge in [0.1, 0.15) is 6.10 Å². The van der Waals surface area contributed by atoms with E-state index >= 15 is 0 Å². The zero-order valence-electron chi connectivity index (χ0n) is 13.2. The molecule has 1 unspecified atom stereocenters. The molecule has 1 fully saturated rings. The van der Waals surface area contributed by atoms with Crippen molar-refractivity contribution in [2.75, 3.05) is 0 Å². The van der Waals surface area contributed by atoms with Crippen LogP contribution in [-0.4, -0.2) is 23.0 Å². The van der Waals surface area contributed by atoms with E-state index in [0.717, 1.165) is 41.0 Å². The van der Waals surface area contributed by atoms with Crippen molar-refractivity contribution in [1.82, 2.24) is 10.6 Å². The number of carbonyl (C=O) groups excluding carboxylic acids is 2. The van der Waals surface area contributed by atoms with Crippen LogP contribution < -0.4 is 10.6 Å². The Hall–Kier alpha value is -1.70. The summed E-state index contributed by atoms with van der Waals surface area (Å²) in [6.07, 6.45) is 3.48. The number of rotatable bonds is 5. The van der Waals surface area contributed by atoms with Crippen LogP contribution in [-0.2, 0) is 16.1 Å². The van der Waals surface area contributed by atoms with Gasteiger partial charge in [0.2, 0.25) is 0 Å². The summed E-state index contributed by atoms with van der Waals surface area (Å²) < 4.78 is 0. The average Bonchev–Trinajstić information content (AvgIpc) is 3.33. The molecule has 1 aliphatic carbocycles. The molecule has 0 spiro atoms. The standard InChI is InChI=1S/C17H20N2O3S2/c20-15(11-7-8-23-10-11)14-6-5-13(24-14)9-18-16(21)17(22)19-12-3-1-2-4-12/h5-8,10,12,15,20H,1-4,9H2,(H,18,21)(H,19,22). The molecule has 3 rings (SSSR count). The number of nitrogens with one attached hydrogen (secondary N) is 2. The van der Waals surface area contributed by atoms with Crippen LogP contribution in [0.3, 0.4) is 0 Å². The van der Waals surface area contributed by atoms with Gasteiger partial charge in [-0.25, -0.2) is 0 Å². The van der Waals surface area contributed by atoms with E-state index in [-0.39, 0.29) is 12.6 Å². The number of hydrogen-bond donors (Lipinski definition) is 3. The summed E-state index contributed by atoms with van der Waals surface area (Å²) >= 11 is 2.98. The van der Waals surface area contributed by atoms with Gasteiger partial charge in [0.05, 0.1) is 6.54 Å². The van der Waals surface area contributed by atoms with Gasteiger partial charge in [-0.05, 0) is 47.4 Å². The van der Waals surface area contributed by atoms with Crippen LogP contribution in [0.15, 0.2) is 29.0 Å². The van der Waals surface area contributed by atoms with E-state index in [0.29, 0.717) is 0 Å². The highest BCUT2D eigenvalue weighted by Gasteiger charge is 2.21. The first kappa shape index (κ1) is 17.1. The second-order valence-electron chi connectivity index (χ2n) is 5.90. The van der Waals surface area contributed by atoms with Crippen molar-refractivity contribution < 1.29 is 14.7 Å². The molecule has 5 nitrogen and oxygen atoms in total. The third-order valence-electron chi connectivity index (χ3n) is 4.13. The van der Waals surface area contributed by atoms with Crippen molar-refractivity contribution in [3.05, 3.63) is 44.3 Å². The van der Waals surface area contributed by atoms with Crippen LogP contribution in [0.5, 0.6) is 0 Å². The Kier molecular flexibility index (Phi) is 5.65. The lowest BCUT2D eigenvalue weighted by Gasteiger charge is -2.11. The van der Waals surface area contributed by atoms with E-state index in [9.17, 15) is 14.7 Å². The maximum Gasteiger partial charge on any atom is 0.309 e. The van der Waals surface area contributed by atoms with Crippen LogP contribution in [0.25, 0.3) is 0 Å². The first-order valence-electron chi connectivity index (χ1n) is 8.01. The summed E-state index contributed by atoms with van der Waals surface area (Å²) in [5.74, 6) is -1.16. The monoisotopic (exact) mass is 364 g/mol. The zero-order chi connectivity index (χ0) is 16.9. The van der Waals surface area contributed by atoms with Crippen LogP contribution in [0.4, 0.5) is 0 Å².